The summed E-state index contributed by atoms with van der Waals surface area (Å²) in [5.74, 6) is -0.618. The SMILES string of the molecule is COC(=O)[C@@H]1C[C@H](NCc2ccc(NC(=O)c3ccccc3)cc2)CN1C(=O)OC(C)(C)C. The zero-order valence-corrected chi connectivity index (χ0v) is 19.5. The zero-order chi connectivity index (χ0) is 24.0. The maximum Gasteiger partial charge on any atom is 0.411 e. The Hall–Kier alpha value is -3.39. The molecule has 1 saturated heterocycles. The van der Waals surface area contributed by atoms with Crippen LogP contribution in [0.15, 0.2) is 54.6 Å². The summed E-state index contributed by atoms with van der Waals surface area (Å²) >= 11 is 0. The van der Waals surface area contributed by atoms with Crippen LogP contribution in [-0.2, 0) is 20.8 Å². The molecule has 0 saturated carbocycles. The van der Waals surface area contributed by atoms with Crippen LogP contribution < -0.4 is 10.6 Å². The van der Waals surface area contributed by atoms with E-state index < -0.39 is 23.7 Å². The molecule has 1 heterocycles. The van der Waals surface area contributed by atoms with Crippen LogP contribution in [0.4, 0.5) is 10.5 Å². The summed E-state index contributed by atoms with van der Waals surface area (Å²) < 4.78 is 10.3. The van der Waals surface area contributed by atoms with E-state index >= 15 is 0 Å². The Labute approximate surface area is 194 Å². The normalized spacial score (nSPS) is 18.0. The number of amides is 2. The molecular weight excluding hydrogens is 422 g/mol. The number of carbonyl (C=O) groups is 3. The molecule has 0 aromatic heterocycles. The molecule has 8 heteroatoms. The van der Waals surface area contributed by atoms with Gasteiger partial charge in [0.05, 0.1) is 7.11 Å². The molecule has 1 aliphatic rings. The summed E-state index contributed by atoms with van der Waals surface area (Å²) in [6, 6.07) is 15.8. The van der Waals surface area contributed by atoms with Gasteiger partial charge in [-0.05, 0) is 57.0 Å². The first-order valence-electron chi connectivity index (χ1n) is 10.9. The maximum absolute atomic E-state index is 12.6. The van der Waals surface area contributed by atoms with Crippen molar-refractivity contribution in [3.05, 3.63) is 65.7 Å². The number of carbonyl (C=O) groups excluding carboxylic acids is 3. The van der Waals surface area contributed by atoms with Gasteiger partial charge in [-0.3, -0.25) is 9.69 Å². The Morgan fingerprint density at radius 2 is 1.70 bits per heavy atom. The molecule has 1 aliphatic heterocycles. The van der Waals surface area contributed by atoms with E-state index in [0.29, 0.717) is 30.8 Å². The summed E-state index contributed by atoms with van der Waals surface area (Å²) in [5, 5.41) is 6.27. The quantitative estimate of drug-likeness (QED) is 0.649. The number of rotatable bonds is 6. The molecule has 0 aliphatic carbocycles. The van der Waals surface area contributed by atoms with Crippen molar-refractivity contribution in [1.82, 2.24) is 10.2 Å². The Balaban J connectivity index is 1.56. The molecule has 176 valence electrons. The molecule has 0 radical (unpaired) electrons. The number of hydrogen-bond acceptors (Lipinski definition) is 6. The molecule has 1 fully saturated rings. The van der Waals surface area contributed by atoms with Crippen LogP contribution in [0.1, 0.15) is 43.1 Å². The van der Waals surface area contributed by atoms with Gasteiger partial charge >= 0.3 is 12.1 Å². The third-order valence-corrected chi connectivity index (χ3v) is 5.24. The number of likely N-dealkylation sites (tertiary alicyclic amines) is 1. The van der Waals surface area contributed by atoms with E-state index in [0.717, 1.165) is 5.56 Å². The van der Waals surface area contributed by atoms with Gasteiger partial charge in [-0.2, -0.15) is 0 Å². The minimum Gasteiger partial charge on any atom is -0.467 e. The Bertz CT molecular complexity index is 970. The topological polar surface area (TPSA) is 97.0 Å². The number of methoxy groups -OCH3 is 1. The molecule has 0 bridgehead atoms. The third kappa shape index (κ3) is 6.79. The molecular formula is C25H31N3O5. The molecule has 2 aromatic rings. The summed E-state index contributed by atoms with van der Waals surface area (Å²) in [5.41, 5.74) is 1.66. The largest absolute Gasteiger partial charge is 0.467 e. The van der Waals surface area contributed by atoms with Gasteiger partial charge in [0.1, 0.15) is 11.6 Å². The molecule has 33 heavy (non-hydrogen) atoms. The van der Waals surface area contributed by atoms with Crippen LogP contribution in [-0.4, -0.2) is 54.2 Å². The minimum atomic E-state index is -0.682. The predicted octanol–water partition coefficient (Wildman–Crippen LogP) is 3.58. The van der Waals surface area contributed by atoms with Gasteiger partial charge in [0.25, 0.3) is 5.91 Å². The second kappa shape index (κ2) is 10.5. The van der Waals surface area contributed by atoms with Crippen LogP contribution in [0.2, 0.25) is 0 Å². The van der Waals surface area contributed by atoms with E-state index in [1.165, 1.54) is 12.0 Å². The van der Waals surface area contributed by atoms with Crippen LogP contribution in [0.3, 0.4) is 0 Å². The van der Waals surface area contributed by atoms with Crippen molar-refractivity contribution >= 4 is 23.7 Å². The van der Waals surface area contributed by atoms with Gasteiger partial charge in [-0.1, -0.05) is 30.3 Å². The fraction of sp³-hybridized carbons (Fsp3) is 0.400. The van der Waals surface area contributed by atoms with E-state index in [1.807, 2.05) is 42.5 Å². The van der Waals surface area contributed by atoms with Gasteiger partial charge in [-0.25, -0.2) is 9.59 Å². The lowest BCUT2D eigenvalue weighted by atomic mass is 10.1. The number of benzene rings is 2. The van der Waals surface area contributed by atoms with Crippen molar-refractivity contribution in [2.75, 3.05) is 19.0 Å². The van der Waals surface area contributed by atoms with Gasteiger partial charge in [-0.15, -0.1) is 0 Å². The predicted molar refractivity (Wildman–Crippen MR) is 125 cm³/mol. The second-order valence-electron chi connectivity index (χ2n) is 9.00. The number of esters is 1. The van der Waals surface area contributed by atoms with Crippen LogP contribution in [0.5, 0.6) is 0 Å². The molecule has 8 nitrogen and oxygen atoms in total. The van der Waals surface area contributed by atoms with Crippen molar-refractivity contribution in [3.8, 4) is 0 Å². The van der Waals surface area contributed by atoms with Crippen LogP contribution in [0.25, 0.3) is 0 Å². The monoisotopic (exact) mass is 453 g/mol. The van der Waals surface area contributed by atoms with E-state index in [1.54, 1.807) is 32.9 Å². The van der Waals surface area contributed by atoms with Gasteiger partial charge in [0.15, 0.2) is 0 Å². The maximum atomic E-state index is 12.6. The molecule has 2 N–H and O–H groups in total. The highest BCUT2D eigenvalue weighted by molar-refractivity contribution is 6.04. The van der Waals surface area contributed by atoms with Crippen LogP contribution >= 0.6 is 0 Å². The third-order valence-electron chi connectivity index (χ3n) is 5.24. The van der Waals surface area contributed by atoms with E-state index in [2.05, 4.69) is 10.6 Å². The molecule has 3 rings (SSSR count). The highest BCUT2D eigenvalue weighted by atomic mass is 16.6. The summed E-state index contributed by atoms with van der Waals surface area (Å²) in [6.07, 6.45) is -0.0855. The number of ether oxygens (including phenoxy) is 2. The fourth-order valence-corrected chi connectivity index (χ4v) is 3.63. The average Bonchev–Trinajstić information content (AvgIpc) is 3.22. The van der Waals surface area contributed by atoms with Crippen molar-refractivity contribution in [1.29, 1.82) is 0 Å². The van der Waals surface area contributed by atoms with E-state index in [-0.39, 0.29) is 11.9 Å². The lowest BCUT2D eigenvalue weighted by Crippen LogP contribution is -2.44. The van der Waals surface area contributed by atoms with Crippen molar-refractivity contribution in [2.24, 2.45) is 0 Å². The number of nitrogens with one attached hydrogen (secondary N) is 2. The van der Waals surface area contributed by atoms with Crippen molar-refractivity contribution in [2.45, 2.75) is 51.4 Å². The Morgan fingerprint density at radius 3 is 2.30 bits per heavy atom. The highest BCUT2D eigenvalue weighted by Crippen LogP contribution is 2.23. The summed E-state index contributed by atoms with van der Waals surface area (Å²) in [6.45, 7) is 6.26. The molecule has 2 aromatic carbocycles. The number of hydrogen-bond donors (Lipinski definition) is 2. The lowest BCUT2D eigenvalue weighted by molar-refractivity contribution is -0.145. The van der Waals surface area contributed by atoms with Crippen molar-refractivity contribution < 1.29 is 23.9 Å². The number of anilines is 1. The summed E-state index contributed by atoms with van der Waals surface area (Å²) in [4.78, 5) is 38.5. The zero-order valence-electron chi connectivity index (χ0n) is 19.5. The lowest BCUT2D eigenvalue weighted by Gasteiger charge is -2.27. The van der Waals surface area contributed by atoms with E-state index in [4.69, 9.17) is 9.47 Å². The van der Waals surface area contributed by atoms with Gasteiger partial charge < -0.3 is 20.1 Å². The fourth-order valence-electron chi connectivity index (χ4n) is 3.63. The average molecular weight is 454 g/mol. The number of nitrogens with zero attached hydrogens (tertiary/aromatic N) is 1. The molecule has 0 unspecified atom stereocenters. The van der Waals surface area contributed by atoms with Crippen LogP contribution in [0, 0.1) is 0 Å². The smallest absolute Gasteiger partial charge is 0.411 e. The summed E-state index contributed by atoms with van der Waals surface area (Å²) in [7, 11) is 1.31. The van der Waals surface area contributed by atoms with Crippen molar-refractivity contribution in [3.63, 3.8) is 0 Å². The van der Waals surface area contributed by atoms with Gasteiger partial charge in [0, 0.05) is 30.4 Å². The Kier molecular flexibility index (Phi) is 7.71. The minimum absolute atomic E-state index is 0.0842. The first-order valence-corrected chi connectivity index (χ1v) is 10.9. The molecule has 2 amide bonds. The Morgan fingerprint density at radius 1 is 1.03 bits per heavy atom. The standard InChI is InChI=1S/C25H31N3O5/c1-25(2,3)33-24(31)28-16-20(14-21(28)23(30)32-4)26-15-17-10-12-19(13-11-17)27-22(29)18-8-6-5-7-9-18/h5-13,20-21,26H,14-16H2,1-4H3,(H,27,29)/t20-,21-/m0/s1. The molecule has 2 atom stereocenters. The highest BCUT2D eigenvalue weighted by Gasteiger charge is 2.42. The van der Waals surface area contributed by atoms with E-state index in [9.17, 15) is 14.4 Å². The molecule has 0 spiro atoms. The van der Waals surface area contributed by atoms with Gasteiger partial charge in [0.2, 0.25) is 0 Å². The first-order chi connectivity index (χ1) is 15.7. The second-order valence-corrected chi connectivity index (χ2v) is 9.00. The first kappa shape index (κ1) is 24.3.